The maximum absolute atomic E-state index is 13.4. The summed E-state index contributed by atoms with van der Waals surface area (Å²) in [5.41, 5.74) is 0.162. The van der Waals surface area contributed by atoms with Crippen LogP contribution < -0.4 is 4.90 Å². The molecule has 0 radical (unpaired) electrons. The summed E-state index contributed by atoms with van der Waals surface area (Å²) in [7, 11) is 1.90. The fourth-order valence-corrected chi connectivity index (χ4v) is 5.77. The molecule has 0 saturated carbocycles. The van der Waals surface area contributed by atoms with Crippen molar-refractivity contribution in [2.45, 2.75) is 19.3 Å². The Balaban J connectivity index is 1.42. The van der Waals surface area contributed by atoms with Crippen LogP contribution in [0.3, 0.4) is 0 Å². The predicted octanol–water partition coefficient (Wildman–Crippen LogP) is 2.07. The molecular weight excluding hydrogens is 378 g/mol. The van der Waals surface area contributed by atoms with Gasteiger partial charge in [0.25, 0.3) is 5.91 Å². The minimum atomic E-state index is -0.414. The van der Waals surface area contributed by atoms with Crippen molar-refractivity contribution in [2.24, 2.45) is 10.8 Å². The first-order chi connectivity index (χ1) is 14.5. The molecule has 3 aliphatic rings. The molecule has 1 atom stereocenters. The van der Waals surface area contributed by atoms with Crippen LogP contribution in [0.2, 0.25) is 0 Å². The van der Waals surface area contributed by atoms with Crippen molar-refractivity contribution >= 4 is 17.8 Å². The van der Waals surface area contributed by atoms with Crippen molar-refractivity contribution in [1.29, 1.82) is 0 Å². The molecule has 2 amide bonds. The SMILES string of the molecule is CN1CC[C@@]2(CN(c3ncccn3)CC23CCN(C(=O)c2ccccc2)CC3)C1=O. The summed E-state index contributed by atoms with van der Waals surface area (Å²) in [5.74, 6) is 1.01. The predicted molar refractivity (Wildman–Crippen MR) is 113 cm³/mol. The van der Waals surface area contributed by atoms with Crippen LogP contribution in [0, 0.1) is 10.8 Å². The first-order valence-corrected chi connectivity index (χ1v) is 10.7. The molecule has 7 nitrogen and oxygen atoms in total. The lowest BCUT2D eigenvalue weighted by Crippen LogP contribution is -2.53. The molecule has 7 heteroatoms. The molecule has 4 heterocycles. The number of fused-ring (bicyclic) bond motifs is 1. The second-order valence-corrected chi connectivity index (χ2v) is 8.90. The normalized spacial score (nSPS) is 25.5. The van der Waals surface area contributed by atoms with Gasteiger partial charge in [0, 0.05) is 63.1 Å². The van der Waals surface area contributed by atoms with E-state index < -0.39 is 5.41 Å². The van der Waals surface area contributed by atoms with Gasteiger partial charge in [0.05, 0.1) is 5.41 Å². The Hall–Kier alpha value is -2.96. The first kappa shape index (κ1) is 19.0. The van der Waals surface area contributed by atoms with E-state index in [0.29, 0.717) is 25.6 Å². The lowest BCUT2D eigenvalue weighted by molar-refractivity contribution is -0.140. The van der Waals surface area contributed by atoms with Crippen molar-refractivity contribution in [2.75, 3.05) is 44.7 Å². The third-order valence-corrected chi connectivity index (χ3v) is 7.46. The lowest BCUT2D eigenvalue weighted by atomic mass is 9.60. The Morgan fingerprint density at radius 3 is 2.27 bits per heavy atom. The Morgan fingerprint density at radius 2 is 1.63 bits per heavy atom. The van der Waals surface area contributed by atoms with Crippen LogP contribution in [0.1, 0.15) is 29.6 Å². The van der Waals surface area contributed by atoms with Crippen LogP contribution in [-0.4, -0.2) is 71.4 Å². The largest absolute Gasteiger partial charge is 0.345 e. The van der Waals surface area contributed by atoms with Gasteiger partial charge < -0.3 is 14.7 Å². The smallest absolute Gasteiger partial charge is 0.253 e. The zero-order valence-electron chi connectivity index (χ0n) is 17.3. The van der Waals surface area contributed by atoms with Gasteiger partial charge in [-0.15, -0.1) is 0 Å². The molecule has 3 fully saturated rings. The van der Waals surface area contributed by atoms with Crippen LogP contribution in [0.25, 0.3) is 0 Å². The third-order valence-electron chi connectivity index (χ3n) is 7.46. The van der Waals surface area contributed by atoms with Crippen molar-refractivity contribution in [1.82, 2.24) is 19.8 Å². The van der Waals surface area contributed by atoms with Gasteiger partial charge in [-0.3, -0.25) is 9.59 Å². The van der Waals surface area contributed by atoms with Gasteiger partial charge in [-0.25, -0.2) is 9.97 Å². The topological polar surface area (TPSA) is 69.6 Å². The number of carbonyl (C=O) groups is 2. The van der Waals surface area contributed by atoms with E-state index >= 15 is 0 Å². The molecule has 0 bridgehead atoms. The third kappa shape index (κ3) is 2.79. The fourth-order valence-electron chi connectivity index (χ4n) is 5.77. The number of hydrogen-bond donors (Lipinski definition) is 0. The average molecular weight is 406 g/mol. The molecule has 2 spiro atoms. The van der Waals surface area contributed by atoms with Crippen LogP contribution >= 0.6 is 0 Å². The monoisotopic (exact) mass is 405 g/mol. The molecule has 30 heavy (non-hydrogen) atoms. The van der Waals surface area contributed by atoms with Crippen molar-refractivity contribution in [3.63, 3.8) is 0 Å². The van der Waals surface area contributed by atoms with Gasteiger partial charge in [0.15, 0.2) is 0 Å². The second-order valence-electron chi connectivity index (χ2n) is 8.90. The summed E-state index contributed by atoms with van der Waals surface area (Å²) in [5, 5.41) is 0. The maximum atomic E-state index is 13.4. The molecule has 156 valence electrons. The Morgan fingerprint density at radius 1 is 0.933 bits per heavy atom. The summed E-state index contributed by atoms with van der Waals surface area (Å²) in [6, 6.07) is 11.3. The highest BCUT2D eigenvalue weighted by Crippen LogP contribution is 2.58. The van der Waals surface area contributed by atoms with Gasteiger partial charge in [0.1, 0.15) is 0 Å². The van der Waals surface area contributed by atoms with E-state index in [-0.39, 0.29) is 17.2 Å². The molecule has 1 aromatic heterocycles. The van der Waals surface area contributed by atoms with Crippen molar-refractivity contribution in [3.8, 4) is 0 Å². The Labute approximate surface area is 176 Å². The Kier molecular flexibility index (Phi) is 4.49. The number of carbonyl (C=O) groups excluding carboxylic acids is 2. The fraction of sp³-hybridized carbons (Fsp3) is 0.478. The summed E-state index contributed by atoms with van der Waals surface area (Å²) in [6.45, 7) is 3.57. The molecule has 2 aromatic rings. The lowest BCUT2D eigenvalue weighted by Gasteiger charge is -2.46. The number of likely N-dealkylation sites (tertiary alicyclic amines) is 2. The molecule has 0 N–H and O–H groups in total. The van der Waals surface area contributed by atoms with E-state index in [2.05, 4.69) is 14.9 Å². The van der Waals surface area contributed by atoms with E-state index in [1.807, 2.05) is 53.2 Å². The van der Waals surface area contributed by atoms with E-state index in [4.69, 9.17) is 0 Å². The summed E-state index contributed by atoms with van der Waals surface area (Å²) >= 11 is 0. The van der Waals surface area contributed by atoms with Crippen LogP contribution in [0.5, 0.6) is 0 Å². The van der Waals surface area contributed by atoms with E-state index in [1.165, 1.54) is 0 Å². The van der Waals surface area contributed by atoms with E-state index in [0.717, 1.165) is 37.9 Å². The molecule has 3 aliphatic heterocycles. The quantitative estimate of drug-likeness (QED) is 0.765. The molecule has 5 rings (SSSR count). The molecule has 1 aromatic carbocycles. The second kappa shape index (κ2) is 7.07. The highest BCUT2D eigenvalue weighted by Gasteiger charge is 2.65. The maximum Gasteiger partial charge on any atom is 0.253 e. The standard InChI is InChI=1S/C23H27N5O2/c1-26-13-10-23(20(26)30)17-28(21-24-11-5-12-25-21)16-22(23)8-14-27(15-9-22)19(29)18-6-3-2-4-7-18/h2-7,11-12H,8-10,13-17H2,1H3/t23-/m1/s1. The van der Waals surface area contributed by atoms with E-state index in [9.17, 15) is 9.59 Å². The van der Waals surface area contributed by atoms with E-state index in [1.54, 1.807) is 12.4 Å². The van der Waals surface area contributed by atoms with Crippen LogP contribution in [0.15, 0.2) is 48.8 Å². The molecule has 0 aliphatic carbocycles. The number of benzene rings is 1. The highest BCUT2D eigenvalue weighted by atomic mass is 16.2. The zero-order valence-corrected chi connectivity index (χ0v) is 17.3. The van der Waals surface area contributed by atoms with Crippen LogP contribution in [-0.2, 0) is 4.79 Å². The van der Waals surface area contributed by atoms with Gasteiger partial charge in [-0.05, 0) is 37.5 Å². The summed E-state index contributed by atoms with van der Waals surface area (Å²) in [6.07, 6.45) is 6.02. The van der Waals surface area contributed by atoms with Gasteiger partial charge in [-0.1, -0.05) is 18.2 Å². The summed E-state index contributed by atoms with van der Waals surface area (Å²) < 4.78 is 0. The average Bonchev–Trinajstić information content (AvgIpc) is 3.28. The first-order valence-electron chi connectivity index (χ1n) is 10.7. The van der Waals surface area contributed by atoms with Gasteiger partial charge in [0.2, 0.25) is 11.9 Å². The number of hydrogen-bond acceptors (Lipinski definition) is 5. The number of anilines is 1. The highest BCUT2D eigenvalue weighted by molar-refractivity contribution is 5.94. The molecular formula is C23H27N5O2. The van der Waals surface area contributed by atoms with Crippen LogP contribution in [0.4, 0.5) is 5.95 Å². The molecule has 3 saturated heterocycles. The van der Waals surface area contributed by atoms with Crippen molar-refractivity contribution in [3.05, 3.63) is 54.4 Å². The van der Waals surface area contributed by atoms with Gasteiger partial charge in [-0.2, -0.15) is 0 Å². The summed E-state index contributed by atoms with van der Waals surface area (Å²) in [4.78, 5) is 41.2. The number of rotatable bonds is 2. The number of piperidine rings is 1. The van der Waals surface area contributed by atoms with Crippen molar-refractivity contribution < 1.29 is 9.59 Å². The number of amides is 2. The van der Waals surface area contributed by atoms with Gasteiger partial charge >= 0.3 is 0 Å². The Bertz CT molecular complexity index is 943. The zero-order chi connectivity index (χ0) is 20.8. The number of aromatic nitrogens is 2. The number of nitrogens with zero attached hydrogens (tertiary/aromatic N) is 5. The molecule has 0 unspecified atom stereocenters. The minimum absolute atomic E-state index is 0.0793. The minimum Gasteiger partial charge on any atom is -0.345 e.